The molecule has 0 fully saturated rings. The van der Waals surface area contributed by atoms with Crippen LogP contribution in [0, 0.1) is 17.1 Å². The molecular formula is C15H20FN3O2. The lowest BCUT2D eigenvalue weighted by Crippen LogP contribution is -2.38. The fourth-order valence-electron chi connectivity index (χ4n) is 1.65. The summed E-state index contributed by atoms with van der Waals surface area (Å²) in [7, 11) is 3.46. The highest BCUT2D eigenvalue weighted by Gasteiger charge is 2.11. The second kappa shape index (κ2) is 8.93. The van der Waals surface area contributed by atoms with Crippen LogP contribution in [0.15, 0.2) is 24.3 Å². The lowest BCUT2D eigenvalue weighted by molar-refractivity contribution is -0.130. The van der Waals surface area contributed by atoms with Gasteiger partial charge in [-0.3, -0.25) is 9.69 Å². The lowest BCUT2D eigenvalue weighted by atomic mass is 10.3. The first kappa shape index (κ1) is 16.9. The maximum atomic E-state index is 13.3. The van der Waals surface area contributed by atoms with Crippen molar-refractivity contribution < 1.29 is 13.9 Å². The Labute approximate surface area is 124 Å². The summed E-state index contributed by atoms with van der Waals surface area (Å²) in [6.07, 6.45) is 0.322. The molecule has 0 aliphatic heterocycles. The van der Waals surface area contributed by atoms with Gasteiger partial charge in [-0.15, -0.1) is 0 Å². The lowest BCUT2D eigenvalue weighted by Gasteiger charge is -2.21. The molecule has 21 heavy (non-hydrogen) atoms. The van der Waals surface area contributed by atoms with Crippen LogP contribution in [0.25, 0.3) is 0 Å². The van der Waals surface area contributed by atoms with Crippen molar-refractivity contribution in [2.45, 2.75) is 6.42 Å². The first-order valence-electron chi connectivity index (χ1n) is 6.71. The van der Waals surface area contributed by atoms with E-state index >= 15 is 0 Å². The zero-order chi connectivity index (χ0) is 15.7. The van der Waals surface area contributed by atoms with Gasteiger partial charge < -0.3 is 9.64 Å². The number of carbonyl (C=O) groups excluding carboxylic acids is 1. The number of hydrogen-bond acceptors (Lipinski definition) is 4. The van der Waals surface area contributed by atoms with E-state index in [0.29, 0.717) is 26.1 Å². The monoisotopic (exact) mass is 293 g/mol. The summed E-state index contributed by atoms with van der Waals surface area (Å²) in [5.41, 5.74) is 0. The number of likely N-dealkylation sites (N-methyl/N-ethyl adjacent to an activating group) is 2. The molecule has 0 saturated heterocycles. The Morgan fingerprint density at radius 3 is 2.71 bits per heavy atom. The summed E-state index contributed by atoms with van der Waals surface area (Å²) in [5, 5.41) is 8.48. The number of para-hydroxylation sites is 1. The van der Waals surface area contributed by atoms with Gasteiger partial charge in [0.25, 0.3) is 0 Å². The third-order valence-electron chi connectivity index (χ3n) is 2.96. The first-order chi connectivity index (χ1) is 10.0. The third kappa shape index (κ3) is 6.23. The summed E-state index contributed by atoms with van der Waals surface area (Å²) < 4.78 is 18.7. The normalized spacial score (nSPS) is 10.2. The number of nitriles is 1. The maximum Gasteiger partial charge on any atom is 0.236 e. The number of ether oxygens (including phenoxy) is 1. The molecule has 114 valence electrons. The van der Waals surface area contributed by atoms with Crippen LogP contribution in [0.3, 0.4) is 0 Å². The summed E-state index contributed by atoms with van der Waals surface area (Å²) >= 11 is 0. The van der Waals surface area contributed by atoms with Crippen LogP contribution in [0.4, 0.5) is 4.39 Å². The zero-order valence-corrected chi connectivity index (χ0v) is 12.4. The number of amides is 1. The minimum absolute atomic E-state index is 0.0568. The number of rotatable bonds is 8. The first-order valence-corrected chi connectivity index (χ1v) is 6.71. The Morgan fingerprint density at radius 1 is 1.33 bits per heavy atom. The Bertz CT molecular complexity index is 502. The molecule has 0 aliphatic carbocycles. The van der Waals surface area contributed by atoms with Gasteiger partial charge in [-0.05, 0) is 19.2 Å². The molecule has 0 saturated carbocycles. The molecule has 0 aromatic heterocycles. The van der Waals surface area contributed by atoms with E-state index in [1.54, 1.807) is 37.2 Å². The van der Waals surface area contributed by atoms with E-state index in [0.717, 1.165) is 0 Å². The van der Waals surface area contributed by atoms with E-state index in [1.807, 2.05) is 6.07 Å². The van der Waals surface area contributed by atoms with Crippen molar-refractivity contribution in [1.29, 1.82) is 5.26 Å². The van der Waals surface area contributed by atoms with Crippen molar-refractivity contribution in [3.05, 3.63) is 30.1 Å². The zero-order valence-electron chi connectivity index (χ0n) is 12.4. The number of benzene rings is 1. The molecule has 0 atom stereocenters. The second-order valence-electron chi connectivity index (χ2n) is 4.74. The van der Waals surface area contributed by atoms with E-state index in [4.69, 9.17) is 10.00 Å². The molecule has 0 radical (unpaired) electrons. The van der Waals surface area contributed by atoms with Gasteiger partial charge in [-0.1, -0.05) is 12.1 Å². The van der Waals surface area contributed by atoms with Crippen LogP contribution >= 0.6 is 0 Å². The molecule has 1 aromatic carbocycles. The fourth-order valence-corrected chi connectivity index (χ4v) is 1.65. The highest BCUT2D eigenvalue weighted by Crippen LogP contribution is 2.14. The molecule has 1 amide bonds. The van der Waals surface area contributed by atoms with Crippen molar-refractivity contribution in [1.82, 2.24) is 9.80 Å². The second-order valence-corrected chi connectivity index (χ2v) is 4.74. The fraction of sp³-hybridized carbons (Fsp3) is 0.467. The van der Waals surface area contributed by atoms with E-state index in [2.05, 4.69) is 0 Å². The van der Waals surface area contributed by atoms with Crippen molar-refractivity contribution in [2.75, 3.05) is 40.3 Å². The molecule has 0 bridgehead atoms. The van der Waals surface area contributed by atoms with Gasteiger partial charge in [-0.2, -0.15) is 5.26 Å². The maximum absolute atomic E-state index is 13.3. The van der Waals surface area contributed by atoms with Crippen LogP contribution in [0.2, 0.25) is 0 Å². The van der Waals surface area contributed by atoms with Crippen molar-refractivity contribution in [2.24, 2.45) is 0 Å². The third-order valence-corrected chi connectivity index (χ3v) is 2.96. The van der Waals surface area contributed by atoms with Crippen LogP contribution in [0.5, 0.6) is 5.75 Å². The van der Waals surface area contributed by atoms with Gasteiger partial charge >= 0.3 is 0 Å². The smallest absolute Gasteiger partial charge is 0.236 e. The topological polar surface area (TPSA) is 56.6 Å². The largest absolute Gasteiger partial charge is 0.489 e. The van der Waals surface area contributed by atoms with Crippen LogP contribution in [0.1, 0.15) is 6.42 Å². The minimum atomic E-state index is -0.396. The molecule has 6 heteroatoms. The minimum Gasteiger partial charge on any atom is -0.489 e. The highest BCUT2D eigenvalue weighted by atomic mass is 19.1. The van der Waals surface area contributed by atoms with E-state index in [9.17, 15) is 9.18 Å². The summed E-state index contributed by atoms with van der Waals surface area (Å²) in [5.74, 6) is -0.241. The van der Waals surface area contributed by atoms with Crippen LogP contribution < -0.4 is 4.74 Å². The van der Waals surface area contributed by atoms with Gasteiger partial charge in [0.05, 0.1) is 19.0 Å². The molecule has 1 rings (SSSR count). The number of hydrogen-bond donors (Lipinski definition) is 0. The quantitative estimate of drug-likeness (QED) is 0.729. The number of carbonyl (C=O) groups is 1. The molecule has 5 nitrogen and oxygen atoms in total. The number of nitrogens with zero attached hydrogens (tertiary/aromatic N) is 3. The molecule has 0 spiro atoms. The van der Waals surface area contributed by atoms with Gasteiger partial charge in [0.15, 0.2) is 11.6 Å². The summed E-state index contributed by atoms with van der Waals surface area (Å²) in [4.78, 5) is 15.1. The van der Waals surface area contributed by atoms with Gasteiger partial charge in [0.1, 0.15) is 6.61 Å². The molecule has 0 heterocycles. The molecule has 0 aliphatic rings. The Hall–Kier alpha value is -2.13. The molecule has 1 aromatic rings. The predicted octanol–water partition coefficient (Wildman–Crippen LogP) is 1.51. The predicted molar refractivity (Wildman–Crippen MR) is 77.3 cm³/mol. The summed E-state index contributed by atoms with van der Waals surface area (Å²) in [6.45, 7) is 1.47. The van der Waals surface area contributed by atoms with Crippen molar-refractivity contribution in [3.8, 4) is 11.8 Å². The van der Waals surface area contributed by atoms with Crippen molar-refractivity contribution >= 4 is 5.91 Å². The average Bonchev–Trinajstić information content (AvgIpc) is 2.46. The molecular weight excluding hydrogens is 273 g/mol. The highest BCUT2D eigenvalue weighted by molar-refractivity contribution is 5.77. The summed E-state index contributed by atoms with van der Waals surface area (Å²) in [6, 6.07) is 8.21. The van der Waals surface area contributed by atoms with Gasteiger partial charge in [0.2, 0.25) is 5.91 Å². The van der Waals surface area contributed by atoms with E-state index in [1.165, 1.54) is 11.0 Å². The Morgan fingerprint density at radius 2 is 2.05 bits per heavy atom. The van der Waals surface area contributed by atoms with E-state index < -0.39 is 5.82 Å². The molecule has 0 unspecified atom stereocenters. The van der Waals surface area contributed by atoms with Gasteiger partial charge in [0, 0.05) is 20.1 Å². The van der Waals surface area contributed by atoms with Crippen molar-refractivity contribution in [3.63, 3.8) is 0 Å². The van der Waals surface area contributed by atoms with Crippen LogP contribution in [-0.4, -0.2) is 56.0 Å². The Kier molecular flexibility index (Phi) is 7.19. The average molecular weight is 293 g/mol. The molecule has 0 N–H and O–H groups in total. The Balaban J connectivity index is 2.28. The van der Waals surface area contributed by atoms with Crippen LogP contribution in [-0.2, 0) is 4.79 Å². The standard InChI is InChI=1S/C15H20FN3O2/c1-18(12-15(20)19(2)9-5-8-17)10-11-21-14-7-4-3-6-13(14)16/h3-4,6-7H,5,9-12H2,1-2H3. The van der Waals surface area contributed by atoms with E-state index in [-0.39, 0.29) is 18.2 Å². The SMILES string of the molecule is CN(CCOc1ccccc1F)CC(=O)N(C)CCC#N. The number of halogens is 1. The van der Waals surface area contributed by atoms with Gasteiger partial charge in [-0.25, -0.2) is 4.39 Å².